The van der Waals surface area contributed by atoms with Gasteiger partial charge in [0.1, 0.15) is 0 Å². The van der Waals surface area contributed by atoms with Gasteiger partial charge in [-0.1, -0.05) is 25.0 Å². The molecule has 0 aromatic heterocycles. The summed E-state index contributed by atoms with van der Waals surface area (Å²) in [5.41, 5.74) is 1.06. The van der Waals surface area contributed by atoms with Crippen LogP contribution in [0, 0.1) is 5.92 Å². The third-order valence-electron chi connectivity index (χ3n) is 5.11. The van der Waals surface area contributed by atoms with E-state index in [4.69, 9.17) is 0 Å². The number of nitrogens with one attached hydrogen (secondary N) is 1. The van der Waals surface area contributed by atoms with Gasteiger partial charge in [-0.3, -0.25) is 4.79 Å². The van der Waals surface area contributed by atoms with Crippen LogP contribution in [-0.2, 0) is 21.2 Å². The zero-order valence-corrected chi connectivity index (χ0v) is 14.9. The average Bonchev–Trinajstić information content (AvgIpc) is 3.23. The van der Waals surface area contributed by atoms with Gasteiger partial charge in [0.2, 0.25) is 15.9 Å². The molecule has 1 amide bonds. The Kier molecular flexibility index (Phi) is 5.56. The standard InChI is InChI=1S/C18H26N2O3S/c21-18-6-3-12-20(18)13-11-15-7-9-17(10-8-15)24(22,23)19-14-16-4-1-2-5-16/h7-10,16,19H,1-6,11-14H2. The Morgan fingerprint density at radius 3 is 2.42 bits per heavy atom. The fourth-order valence-electron chi connectivity index (χ4n) is 3.57. The van der Waals surface area contributed by atoms with Crippen LogP contribution in [0.25, 0.3) is 0 Å². The van der Waals surface area contributed by atoms with Crippen molar-refractivity contribution in [2.24, 2.45) is 5.92 Å². The third-order valence-corrected chi connectivity index (χ3v) is 6.55. The van der Waals surface area contributed by atoms with Crippen LogP contribution in [0.5, 0.6) is 0 Å². The largest absolute Gasteiger partial charge is 0.342 e. The molecule has 1 aliphatic carbocycles. The average molecular weight is 350 g/mol. The molecule has 1 aliphatic heterocycles. The van der Waals surface area contributed by atoms with E-state index in [1.807, 2.05) is 17.0 Å². The van der Waals surface area contributed by atoms with Gasteiger partial charge < -0.3 is 4.90 Å². The molecule has 5 nitrogen and oxygen atoms in total. The highest BCUT2D eigenvalue weighted by molar-refractivity contribution is 7.89. The molecule has 132 valence electrons. The Balaban J connectivity index is 1.53. The van der Waals surface area contributed by atoms with Gasteiger partial charge >= 0.3 is 0 Å². The van der Waals surface area contributed by atoms with E-state index in [-0.39, 0.29) is 5.91 Å². The molecule has 0 radical (unpaired) electrons. The Hall–Kier alpha value is -1.40. The van der Waals surface area contributed by atoms with E-state index in [0.29, 0.717) is 30.3 Å². The quantitative estimate of drug-likeness (QED) is 0.821. The number of likely N-dealkylation sites (tertiary alicyclic amines) is 1. The second-order valence-corrected chi connectivity index (χ2v) is 8.65. The van der Waals surface area contributed by atoms with Gasteiger partial charge in [-0.25, -0.2) is 13.1 Å². The first-order valence-electron chi connectivity index (χ1n) is 8.91. The lowest BCUT2D eigenvalue weighted by molar-refractivity contribution is -0.127. The van der Waals surface area contributed by atoms with Gasteiger partial charge in [-0.05, 0) is 49.3 Å². The van der Waals surface area contributed by atoms with E-state index in [2.05, 4.69) is 4.72 Å². The predicted octanol–water partition coefficient (Wildman–Crippen LogP) is 2.32. The van der Waals surface area contributed by atoms with Crippen LogP contribution >= 0.6 is 0 Å². The Labute approximate surface area is 144 Å². The van der Waals surface area contributed by atoms with Gasteiger partial charge in [-0.2, -0.15) is 0 Å². The molecule has 1 saturated carbocycles. The monoisotopic (exact) mass is 350 g/mol. The lowest BCUT2D eigenvalue weighted by Crippen LogP contribution is -2.28. The molecule has 1 heterocycles. The van der Waals surface area contributed by atoms with Crippen LogP contribution < -0.4 is 4.72 Å². The minimum Gasteiger partial charge on any atom is -0.342 e. The molecule has 2 aliphatic rings. The Morgan fingerprint density at radius 2 is 1.79 bits per heavy atom. The molecule has 1 saturated heterocycles. The summed E-state index contributed by atoms with van der Waals surface area (Å²) in [6, 6.07) is 7.03. The maximum absolute atomic E-state index is 12.3. The van der Waals surface area contributed by atoms with Crippen molar-refractivity contribution < 1.29 is 13.2 Å². The second-order valence-electron chi connectivity index (χ2n) is 6.88. The van der Waals surface area contributed by atoms with Crippen molar-refractivity contribution in [1.82, 2.24) is 9.62 Å². The zero-order valence-electron chi connectivity index (χ0n) is 14.0. The molecule has 2 fully saturated rings. The van der Waals surface area contributed by atoms with Gasteiger partial charge in [-0.15, -0.1) is 0 Å². The molecule has 1 aromatic rings. The van der Waals surface area contributed by atoms with Gasteiger partial charge in [0.25, 0.3) is 0 Å². The lowest BCUT2D eigenvalue weighted by atomic mass is 10.1. The van der Waals surface area contributed by atoms with Gasteiger partial charge in [0.15, 0.2) is 0 Å². The number of hydrogen-bond donors (Lipinski definition) is 1. The zero-order chi connectivity index (χ0) is 17.0. The molecule has 6 heteroatoms. The van der Waals surface area contributed by atoms with Crippen LogP contribution in [0.2, 0.25) is 0 Å². The Bertz CT molecular complexity index is 664. The molecule has 0 bridgehead atoms. The van der Waals surface area contributed by atoms with Crippen molar-refractivity contribution in [2.75, 3.05) is 19.6 Å². The smallest absolute Gasteiger partial charge is 0.240 e. The van der Waals surface area contributed by atoms with Crippen LogP contribution in [0.15, 0.2) is 29.2 Å². The molecule has 3 rings (SSSR count). The summed E-state index contributed by atoms with van der Waals surface area (Å²) >= 11 is 0. The normalized spacial score (nSPS) is 19.3. The van der Waals surface area contributed by atoms with Gasteiger partial charge in [0.05, 0.1) is 4.90 Å². The van der Waals surface area contributed by atoms with Crippen molar-refractivity contribution >= 4 is 15.9 Å². The van der Waals surface area contributed by atoms with Crippen molar-refractivity contribution in [3.63, 3.8) is 0 Å². The second kappa shape index (κ2) is 7.66. The van der Waals surface area contributed by atoms with Crippen LogP contribution in [0.4, 0.5) is 0 Å². The van der Waals surface area contributed by atoms with E-state index >= 15 is 0 Å². The number of carbonyl (C=O) groups is 1. The summed E-state index contributed by atoms with van der Waals surface area (Å²) < 4.78 is 27.4. The molecular formula is C18H26N2O3S. The number of rotatable bonds is 7. The third kappa shape index (κ3) is 4.36. The number of amides is 1. The highest BCUT2D eigenvalue weighted by Gasteiger charge is 2.21. The minimum atomic E-state index is -3.42. The predicted molar refractivity (Wildman–Crippen MR) is 93.1 cm³/mol. The summed E-state index contributed by atoms with van der Waals surface area (Å²) in [7, 11) is -3.42. The van der Waals surface area contributed by atoms with Gasteiger partial charge in [0, 0.05) is 26.1 Å². The first-order valence-corrected chi connectivity index (χ1v) is 10.4. The van der Waals surface area contributed by atoms with Crippen molar-refractivity contribution in [3.8, 4) is 0 Å². The van der Waals surface area contributed by atoms with Crippen LogP contribution in [0.3, 0.4) is 0 Å². The summed E-state index contributed by atoms with van der Waals surface area (Å²) in [6.45, 7) is 2.10. The van der Waals surface area contributed by atoms with E-state index < -0.39 is 10.0 Å². The molecule has 0 atom stereocenters. The molecule has 24 heavy (non-hydrogen) atoms. The number of carbonyl (C=O) groups excluding carboxylic acids is 1. The molecule has 0 spiro atoms. The molecular weight excluding hydrogens is 324 g/mol. The van der Waals surface area contributed by atoms with E-state index in [1.165, 1.54) is 12.8 Å². The number of benzene rings is 1. The summed E-state index contributed by atoms with van der Waals surface area (Å²) in [5, 5.41) is 0. The van der Waals surface area contributed by atoms with Crippen LogP contribution in [-0.4, -0.2) is 38.9 Å². The topological polar surface area (TPSA) is 66.5 Å². The fourth-order valence-corrected chi connectivity index (χ4v) is 4.68. The lowest BCUT2D eigenvalue weighted by Gasteiger charge is -2.15. The SMILES string of the molecule is O=C1CCCN1CCc1ccc(S(=O)(=O)NCC2CCCC2)cc1. The van der Waals surface area contributed by atoms with E-state index in [1.54, 1.807) is 12.1 Å². The van der Waals surface area contributed by atoms with E-state index in [0.717, 1.165) is 37.8 Å². The molecule has 1 aromatic carbocycles. The summed E-state index contributed by atoms with van der Waals surface area (Å²) in [5.74, 6) is 0.711. The molecule has 0 unspecified atom stereocenters. The first kappa shape index (κ1) is 17.4. The number of nitrogens with zero attached hydrogens (tertiary/aromatic N) is 1. The first-order chi connectivity index (χ1) is 11.5. The van der Waals surface area contributed by atoms with Crippen LogP contribution in [0.1, 0.15) is 44.1 Å². The highest BCUT2D eigenvalue weighted by atomic mass is 32.2. The number of hydrogen-bond acceptors (Lipinski definition) is 3. The maximum Gasteiger partial charge on any atom is 0.240 e. The Morgan fingerprint density at radius 1 is 1.08 bits per heavy atom. The fraction of sp³-hybridized carbons (Fsp3) is 0.611. The number of sulfonamides is 1. The summed E-state index contributed by atoms with van der Waals surface area (Å²) in [6.07, 6.45) is 7.03. The van der Waals surface area contributed by atoms with Crippen molar-refractivity contribution in [2.45, 2.75) is 49.8 Å². The van der Waals surface area contributed by atoms with Crippen molar-refractivity contribution in [1.29, 1.82) is 0 Å². The maximum atomic E-state index is 12.3. The summed E-state index contributed by atoms with van der Waals surface area (Å²) in [4.78, 5) is 13.8. The van der Waals surface area contributed by atoms with E-state index in [9.17, 15) is 13.2 Å². The molecule has 1 N–H and O–H groups in total. The van der Waals surface area contributed by atoms with Crippen molar-refractivity contribution in [3.05, 3.63) is 29.8 Å². The minimum absolute atomic E-state index is 0.227. The highest BCUT2D eigenvalue weighted by Crippen LogP contribution is 2.24.